The lowest BCUT2D eigenvalue weighted by molar-refractivity contribution is -0.138. The van der Waals surface area contributed by atoms with E-state index in [1.807, 2.05) is 37.7 Å². The fraction of sp³-hybridized carbons (Fsp3) is 0.667. The number of carbonyl (C=O) groups is 3. The molecule has 0 unspecified atom stereocenters. The molecule has 0 radical (unpaired) electrons. The van der Waals surface area contributed by atoms with E-state index in [0.29, 0.717) is 18.5 Å². The summed E-state index contributed by atoms with van der Waals surface area (Å²) >= 11 is 0. The molecule has 0 bridgehead atoms. The zero-order valence-electron chi connectivity index (χ0n) is 22.3. The number of nitrogens with two attached hydrogens (primary N) is 1. The van der Waals surface area contributed by atoms with Gasteiger partial charge < -0.3 is 14.7 Å². The number of likely N-dealkylation sites (tertiary alicyclic amines) is 1. The van der Waals surface area contributed by atoms with Crippen LogP contribution < -0.4 is 5.84 Å². The van der Waals surface area contributed by atoms with Gasteiger partial charge in [-0.05, 0) is 40.5 Å². The number of hydrogen-bond donors (Lipinski definition) is 2. The van der Waals surface area contributed by atoms with Gasteiger partial charge in [0.05, 0.1) is 17.3 Å². The molecule has 0 aromatic carbocycles. The van der Waals surface area contributed by atoms with Crippen LogP contribution in [0, 0.1) is 4.91 Å². The lowest BCUT2D eigenvalue weighted by Crippen LogP contribution is -2.52. The quantitative estimate of drug-likeness (QED) is 0.210. The molecule has 0 spiro atoms. The highest BCUT2D eigenvalue weighted by atomic mass is 16.3. The normalized spacial score (nSPS) is 17.3. The maximum Gasteiger partial charge on any atom is 0.259 e. The third kappa shape index (κ3) is 7.37. The number of nitrogens with zero attached hydrogens (tertiary/aromatic N) is 5. The molecule has 11 nitrogen and oxygen atoms in total. The molecule has 0 aliphatic carbocycles. The predicted octanol–water partition coefficient (Wildman–Crippen LogP) is 3.14. The Bertz CT molecular complexity index is 945. The molecule has 2 aliphatic heterocycles. The van der Waals surface area contributed by atoms with Gasteiger partial charge in [0.2, 0.25) is 0 Å². The smallest absolute Gasteiger partial charge is 0.259 e. The van der Waals surface area contributed by atoms with Crippen LogP contribution >= 0.6 is 0 Å². The van der Waals surface area contributed by atoms with E-state index in [4.69, 9.17) is 4.91 Å². The molecule has 3 N–H and O–H groups in total. The van der Waals surface area contributed by atoms with Gasteiger partial charge in [-0.3, -0.25) is 25.3 Å². The van der Waals surface area contributed by atoms with Crippen LogP contribution in [0.4, 0.5) is 0 Å². The van der Waals surface area contributed by atoms with Crippen LogP contribution in [-0.4, -0.2) is 80.8 Å². The number of nitroso groups, excluding NO2 is 1. The molecular weight excluding hydrogens is 450 g/mol. The summed E-state index contributed by atoms with van der Waals surface area (Å²) in [5.74, 6) is 3.84. The Morgan fingerprint density at radius 1 is 1.06 bits per heavy atom. The van der Waals surface area contributed by atoms with Crippen LogP contribution in [0.2, 0.25) is 0 Å². The van der Waals surface area contributed by atoms with E-state index in [9.17, 15) is 14.4 Å². The first kappa shape index (κ1) is 29.8. The number of ketones is 1. The first-order valence-electron chi connectivity index (χ1n) is 11.9. The minimum absolute atomic E-state index is 0. The number of fused-ring (bicyclic) bond motifs is 1. The van der Waals surface area contributed by atoms with Gasteiger partial charge in [0, 0.05) is 71.1 Å². The molecule has 2 amide bonds. The zero-order chi connectivity index (χ0) is 27.0. The van der Waals surface area contributed by atoms with Crippen molar-refractivity contribution in [1.82, 2.24) is 24.9 Å². The van der Waals surface area contributed by atoms with Crippen molar-refractivity contribution in [3.8, 4) is 0 Å². The van der Waals surface area contributed by atoms with Gasteiger partial charge in [0.1, 0.15) is 0 Å². The highest BCUT2D eigenvalue weighted by Gasteiger charge is 2.37. The number of amides is 2. The van der Waals surface area contributed by atoms with E-state index in [-0.39, 0.29) is 31.5 Å². The highest BCUT2D eigenvalue weighted by Crippen LogP contribution is 2.27. The minimum atomic E-state index is -0.191. The number of hydrogen-bond acceptors (Lipinski definition) is 7. The van der Waals surface area contributed by atoms with Gasteiger partial charge in [-0.1, -0.05) is 13.8 Å². The van der Waals surface area contributed by atoms with E-state index in [1.165, 1.54) is 0 Å². The number of aromatic nitrogens is 2. The summed E-state index contributed by atoms with van der Waals surface area (Å²) in [6, 6.07) is 0. The molecular formula is C24H45N7O4. The van der Waals surface area contributed by atoms with Crippen molar-refractivity contribution in [2.75, 3.05) is 27.2 Å². The second-order valence-electron chi connectivity index (χ2n) is 10.0. The molecule has 200 valence electrons. The Hall–Kier alpha value is -3.24. The fourth-order valence-electron chi connectivity index (χ4n) is 3.79. The van der Waals surface area contributed by atoms with Crippen LogP contribution in [0.3, 0.4) is 0 Å². The average molecular weight is 496 g/mol. The molecule has 3 rings (SSSR count). The van der Waals surface area contributed by atoms with Crippen molar-refractivity contribution in [1.29, 1.82) is 0 Å². The van der Waals surface area contributed by atoms with E-state index in [1.54, 1.807) is 22.6 Å². The zero-order valence-corrected chi connectivity index (χ0v) is 22.3. The maximum atomic E-state index is 12.3. The lowest BCUT2D eigenvalue weighted by atomic mass is 9.93. The van der Waals surface area contributed by atoms with E-state index in [2.05, 4.69) is 43.7 Å². The number of H-pyrrole nitrogens is 1. The largest absolute Gasteiger partial charge is 0.383 e. The average Bonchev–Trinajstić information content (AvgIpc) is 3.27. The summed E-state index contributed by atoms with van der Waals surface area (Å²) in [6.07, 6.45) is 6.41. The minimum Gasteiger partial charge on any atom is -0.383 e. The third-order valence-corrected chi connectivity index (χ3v) is 6.70. The number of aromatic amines is 1. The van der Waals surface area contributed by atoms with Crippen molar-refractivity contribution < 1.29 is 17.2 Å². The van der Waals surface area contributed by atoms with Crippen molar-refractivity contribution in [2.45, 2.75) is 78.3 Å². The van der Waals surface area contributed by atoms with Gasteiger partial charge >= 0.3 is 0 Å². The Kier molecular flexibility index (Phi) is 10.6. The number of rotatable bonds is 5. The van der Waals surface area contributed by atoms with Gasteiger partial charge in [-0.25, -0.2) is 0 Å². The van der Waals surface area contributed by atoms with Crippen molar-refractivity contribution in [2.24, 2.45) is 11.1 Å². The molecule has 3 heterocycles. The highest BCUT2D eigenvalue weighted by molar-refractivity contribution is 6.20. The molecule has 1 aromatic rings. The Morgan fingerprint density at radius 3 is 2.03 bits per heavy atom. The third-order valence-electron chi connectivity index (χ3n) is 6.70. The molecule has 0 saturated carbocycles. The van der Waals surface area contributed by atoms with E-state index < -0.39 is 0 Å². The SMILES string of the molecule is CCC(C)(C)N1CCC(=O)C(=CN(C)C)C1=O.CCC(C)(C)N1CCc2[nH]ncc2C1=O.NN=O.[HH].[HH]. The van der Waals surface area contributed by atoms with Crippen LogP contribution in [0.5, 0.6) is 0 Å². The van der Waals surface area contributed by atoms with E-state index >= 15 is 0 Å². The molecule has 2 aliphatic rings. The van der Waals surface area contributed by atoms with Crippen LogP contribution in [0.15, 0.2) is 23.3 Å². The monoisotopic (exact) mass is 495 g/mol. The Balaban J connectivity index is 0. The standard InChI is InChI=1S/C13H22N2O2.C11H17N3O.H2N2O.2H2/c1-6-13(2,3)15-8-7-11(16)10(12(15)17)9-14(4)5;1-4-11(2,3)14-6-5-9-8(10(14)15)7-12-13-9;1-2-3;;/h9H,6-8H2,1-5H3;7H,4-6H2,1-3H3,(H,12,13);(H2,1,3);2*1H. The number of Topliss-reactive ketones (excluding diaryl/α,β-unsaturated/α-hetero) is 1. The van der Waals surface area contributed by atoms with Gasteiger partial charge in [0.15, 0.2) is 5.78 Å². The summed E-state index contributed by atoms with van der Waals surface area (Å²) in [4.78, 5) is 50.0. The molecule has 35 heavy (non-hydrogen) atoms. The van der Waals surface area contributed by atoms with Crippen molar-refractivity contribution in [3.63, 3.8) is 0 Å². The van der Waals surface area contributed by atoms with Crippen LogP contribution in [0.1, 0.15) is 79.7 Å². The molecule has 1 aromatic heterocycles. The topological polar surface area (TPSA) is 145 Å². The summed E-state index contributed by atoms with van der Waals surface area (Å²) in [6.45, 7) is 13.8. The first-order chi connectivity index (χ1) is 16.3. The first-order valence-corrected chi connectivity index (χ1v) is 11.9. The second-order valence-corrected chi connectivity index (χ2v) is 10.0. The van der Waals surface area contributed by atoms with Crippen molar-refractivity contribution in [3.05, 3.63) is 34.1 Å². The van der Waals surface area contributed by atoms with Gasteiger partial charge in [0.25, 0.3) is 11.8 Å². The molecule has 1 saturated heterocycles. The summed E-state index contributed by atoms with van der Waals surface area (Å²) in [7, 11) is 3.63. The summed E-state index contributed by atoms with van der Waals surface area (Å²) in [5, 5.41) is 8.55. The molecule has 0 atom stereocenters. The Morgan fingerprint density at radius 2 is 1.54 bits per heavy atom. The van der Waals surface area contributed by atoms with E-state index in [0.717, 1.165) is 37.1 Å². The predicted molar refractivity (Wildman–Crippen MR) is 139 cm³/mol. The summed E-state index contributed by atoms with van der Waals surface area (Å²) in [5.41, 5.74) is 1.77. The van der Waals surface area contributed by atoms with Gasteiger partial charge in [-0.15, -0.1) is 4.91 Å². The lowest BCUT2D eigenvalue weighted by Gasteiger charge is -2.40. The maximum absolute atomic E-state index is 12.3. The van der Waals surface area contributed by atoms with Crippen LogP contribution in [0.25, 0.3) is 0 Å². The second kappa shape index (κ2) is 12.5. The number of piperidine rings is 1. The summed E-state index contributed by atoms with van der Waals surface area (Å²) < 4.78 is 0. The molecule has 11 heteroatoms. The number of carbonyl (C=O) groups excluding carboxylic acids is 3. The van der Waals surface area contributed by atoms with Gasteiger partial charge in [-0.2, -0.15) is 5.10 Å². The molecule has 1 fully saturated rings. The van der Waals surface area contributed by atoms with Crippen molar-refractivity contribution >= 4 is 17.6 Å². The Labute approximate surface area is 211 Å². The fourth-order valence-corrected chi connectivity index (χ4v) is 3.79. The van der Waals surface area contributed by atoms with Crippen LogP contribution in [-0.2, 0) is 16.0 Å². The number of nitrogens with one attached hydrogen (secondary N) is 1.